The first-order valence-electron chi connectivity index (χ1n) is 6.05. The van der Waals surface area contributed by atoms with Crippen molar-refractivity contribution < 1.29 is 17.5 Å². The van der Waals surface area contributed by atoms with E-state index in [0.29, 0.717) is 12.0 Å². The van der Waals surface area contributed by atoms with Crippen LogP contribution in [0.5, 0.6) is 0 Å². The maximum Gasteiger partial charge on any atom is 0.269 e. The fraction of sp³-hybridized carbons (Fsp3) is 0.500. The molecule has 0 atom stereocenters. The van der Waals surface area contributed by atoms with Gasteiger partial charge in [-0.1, -0.05) is 19.8 Å². The molecule has 0 aromatic heterocycles. The van der Waals surface area contributed by atoms with Crippen molar-refractivity contribution in [3.05, 3.63) is 39.9 Å². The van der Waals surface area contributed by atoms with E-state index in [1.165, 1.54) is 24.3 Å². The number of benzene rings is 1. The predicted octanol–water partition coefficient (Wildman–Crippen LogP) is 2.63. The Bertz CT molecular complexity index is 509. The summed E-state index contributed by atoms with van der Waals surface area (Å²) in [5.41, 5.74) is 0.555. The van der Waals surface area contributed by atoms with Gasteiger partial charge >= 0.3 is 0 Å². The average Bonchev–Trinajstić information content (AvgIpc) is 2.37. The Balaban J connectivity index is 2.49. The number of nitro groups is 1. The average molecular weight is 287 g/mol. The summed E-state index contributed by atoms with van der Waals surface area (Å²) in [4.78, 5) is 9.95. The number of rotatable bonds is 8. The standard InChI is InChI=1S/C12H17NO5S/c1-2-3-4-9-19(16,17)18-10-11-5-7-12(8-6-11)13(14)15/h5-8H,2-4,9-10H2,1H3. The van der Waals surface area contributed by atoms with Gasteiger partial charge in [-0.3, -0.25) is 14.3 Å². The summed E-state index contributed by atoms with van der Waals surface area (Å²) in [6.07, 6.45) is 2.37. The molecule has 0 aliphatic rings. The van der Waals surface area contributed by atoms with Crippen LogP contribution in [0, 0.1) is 10.1 Å². The molecule has 0 saturated heterocycles. The first-order valence-corrected chi connectivity index (χ1v) is 7.63. The lowest BCUT2D eigenvalue weighted by Gasteiger charge is -2.05. The van der Waals surface area contributed by atoms with Crippen LogP contribution in [0.25, 0.3) is 0 Å². The highest BCUT2D eigenvalue weighted by atomic mass is 32.2. The van der Waals surface area contributed by atoms with Crippen LogP contribution >= 0.6 is 0 Å². The largest absolute Gasteiger partial charge is 0.269 e. The monoisotopic (exact) mass is 287 g/mol. The van der Waals surface area contributed by atoms with Crippen molar-refractivity contribution in [2.24, 2.45) is 0 Å². The lowest BCUT2D eigenvalue weighted by atomic mass is 10.2. The van der Waals surface area contributed by atoms with Gasteiger partial charge in [0.25, 0.3) is 15.8 Å². The summed E-state index contributed by atoms with van der Waals surface area (Å²) in [5, 5.41) is 10.5. The number of hydrogen-bond acceptors (Lipinski definition) is 5. The zero-order valence-electron chi connectivity index (χ0n) is 10.7. The van der Waals surface area contributed by atoms with Gasteiger partial charge in [-0.2, -0.15) is 8.42 Å². The molecule has 0 aliphatic carbocycles. The number of unbranched alkanes of at least 4 members (excludes halogenated alkanes) is 2. The topological polar surface area (TPSA) is 86.5 Å². The van der Waals surface area contributed by atoms with Gasteiger partial charge in [0.15, 0.2) is 0 Å². The predicted molar refractivity (Wildman–Crippen MR) is 71.2 cm³/mol. The molecule has 0 saturated carbocycles. The van der Waals surface area contributed by atoms with E-state index >= 15 is 0 Å². The molecule has 7 heteroatoms. The van der Waals surface area contributed by atoms with Crippen LogP contribution in [0.3, 0.4) is 0 Å². The molecule has 0 bridgehead atoms. The minimum atomic E-state index is -3.51. The zero-order chi connectivity index (χ0) is 14.3. The molecule has 0 heterocycles. The highest BCUT2D eigenvalue weighted by Crippen LogP contribution is 2.13. The molecule has 0 radical (unpaired) electrons. The number of hydrogen-bond donors (Lipinski definition) is 0. The first-order chi connectivity index (χ1) is 8.94. The molecule has 1 rings (SSSR count). The summed E-state index contributed by atoms with van der Waals surface area (Å²) >= 11 is 0. The molecule has 0 unspecified atom stereocenters. The molecule has 1 aromatic rings. The van der Waals surface area contributed by atoms with Crippen LogP contribution in [0.15, 0.2) is 24.3 Å². The molecular formula is C12H17NO5S. The van der Waals surface area contributed by atoms with E-state index in [0.717, 1.165) is 12.8 Å². The molecule has 6 nitrogen and oxygen atoms in total. The minimum absolute atomic E-state index is 0.00776. The smallest absolute Gasteiger partial charge is 0.265 e. The second-order valence-electron chi connectivity index (χ2n) is 4.15. The van der Waals surface area contributed by atoms with Crippen LogP contribution in [0.4, 0.5) is 5.69 Å². The highest BCUT2D eigenvalue weighted by molar-refractivity contribution is 7.86. The lowest BCUT2D eigenvalue weighted by molar-refractivity contribution is -0.384. The Labute approximate surface area is 112 Å². The van der Waals surface area contributed by atoms with Gasteiger partial charge in [0.2, 0.25) is 0 Å². The van der Waals surface area contributed by atoms with E-state index in [-0.39, 0.29) is 18.0 Å². The van der Waals surface area contributed by atoms with Crippen molar-refractivity contribution in [3.8, 4) is 0 Å². The quantitative estimate of drug-likeness (QED) is 0.317. The van der Waals surface area contributed by atoms with Gasteiger partial charge in [-0.15, -0.1) is 0 Å². The summed E-state index contributed by atoms with van der Waals surface area (Å²) in [7, 11) is -3.51. The van der Waals surface area contributed by atoms with E-state index in [9.17, 15) is 18.5 Å². The SMILES string of the molecule is CCCCCS(=O)(=O)OCc1ccc([N+](=O)[O-])cc1. The highest BCUT2D eigenvalue weighted by Gasteiger charge is 2.11. The van der Waals surface area contributed by atoms with Crippen molar-refractivity contribution in [1.29, 1.82) is 0 Å². The van der Waals surface area contributed by atoms with E-state index in [1.54, 1.807) is 0 Å². The number of nitro benzene ring substituents is 1. The van der Waals surface area contributed by atoms with Crippen LogP contribution < -0.4 is 0 Å². The van der Waals surface area contributed by atoms with Crippen molar-refractivity contribution in [2.45, 2.75) is 32.8 Å². The molecule has 0 fully saturated rings. The van der Waals surface area contributed by atoms with Crippen LogP contribution in [-0.4, -0.2) is 19.1 Å². The normalized spacial score (nSPS) is 11.4. The minimum Gasteiger partial charge on any atom is -0.265 e. The van der Waals surface area contributed by atoms with Gasteiger partial charge in [0, 0.05) is 12.1 Å². The van der Waals surface area contributed by atoms with Crippen molar-refractivity contribution in [2.75, 3.05) is 5.75 Å². The van der Waals surface area contributed by atoms with Crippen molar-refractivity contribution in [3.63, 3.8) is 0 Å². The third-order valence-electron chi connectivity index (χ3n) is 2.55. The Hall–Kier alpha value is -1.47. The van der Waals surface area contributed by atoms with E-state index in [1.807, 2.05) is 6.92 Å². The fourth-order valence-electron chi connectivity index (χ4n) is 1.46. The third kappa shape index (κ3) is 5.80. The molecule has 19 heavy (non-hydrogen) atoms. The molecular weight excluding hydrogens is 270 g/mol. The maximum absolute atomic E-state index is 11.5. The summed E-state index contributed by atoms with van der Waals surface area (Å²) in [6, 6.07) is 5.62. The van der Waals surface area contributed by atoms with Crippen LogP contribution in [0.1, 0.15) is 31.7 Å². The van der Waals surface area contributed by atoms with Crippen molar-refractivity contribution in [1.82, 2.24) is 0 Å². The summed E-state index contributed by atoms with van der Waals surface area (Å²) in [5.74, 6) is 0.00776. The number of non-ortho nitro benzene ring substituents is 1. The van der Waals surface area contributed by atoms with Gasteiger partial charge in [0.1, 0.15) is 0 Å². The van der Waals surface area contributed by atoms with Gasteiger partial charge < -0.3 is 0 Å². The Kier molecular flexibility index (Phi) is 5.91. The zero-order valence-corrected chi connectivity index (χ0v) is 11.6. The van der Waals surface area contributed by atoms with Crippen molar-refractivity contribution >= 4 is 15.8 Å². The Morgan fingerprint density at radius 2 is 1.84 bits per heavy atom. The molecule has 1 aromatic carbocycles. The second kappa shape index (κ2) is 7.20. The Morgan fingerprint density at radius 3 is 2.37 bits per heavy atom. The molecule has 0 N–H and O–H groups in total. The molecule has 0 aliphatic heterocycles. The van der Waals surface area contributed by atoms with Crippen LogP contribution in [-0.2, 0) is 20.9 Å². The molecule has 106 valence electrons. The first kappa shape index (κ1) is 15.6. The second-order valence-corrected chi connectivity index (χ2v) is 5.91. The van der Waals surface area contributed by atoms with Gasteiger partial charge in [0.05, 0.1) is 17.3 Å². The lowest BCUT2D eigenvalue weighted by Crippen LogP contribution is -2.10. The maximum atomic E-state index is 11.5. The van der Waals surface area contributed by atoms with E-state index < -0.39 is 15.0 Å². The van der Waals surface area contributed by atoms with E-state index in [4.69, 9.17) is 4.18 Å². The van der Waals surface area contributed by atoms with E-state index in [2.05, 4.69) is 0 Å². The number of nitrogens with zero attached hydrogens (tertiary/aromatic N) is 1. The van der Waals surface area contributed by atoms with Gasteiger partial charge in [-0.05, 0) is 24.1 Å². The van der Waals surface area contributed by atoms with Crippen LogP contribution in [0.2, 0.25) is 0 Å². The summed E-state index contributed by atoms with van der Waals surface area (Å²) < 4.78 is 27.9. The molecule has 0 spiro atoms. The summed E-state index contributed by atoms with van der Waals surface area (Å²) in [6.45, 7) is 1.90. The molecule has 0 amide bonds. The fourth-order valence-corrected chi connectivity index (χ4v) is 2.45. The third-order valence-corrected chi connectivity index (χ3v) is 3.82. The van der Waals surface area contributed by atoms with Gasteiger partial charge in [-0.25, -0.2) is 0 Å². The Morgan fingerprint density at radius 1 is 1.21 bits per heavy atom.